The van der Waals surface area contributed by atoms with Gasteiger partial charge in [-0.1, -0.05) is 30.3 Å². The molecule has 1 atom stereocenters. The lowest BCUT2D eigenvalue weighted by Crippen LogP contribution is -2.48. The third-order valence-electron chi connectivity index (χ3n) is 3.97. The van der Waals surface area contributed by atoms with E-state index < -0.39 is 0 Å². The van der Waals surface area contributed by atoms with Crippen LogP contribution in [0.25, 0.3) is 0 Å². The number of benzene rings is 1. The van der Waals surface area contributed by atoms with E-state index in [1.807, 2.05) is 35.7 Å². The molecule has 0 saturated carbocycles. The Hall–Kier alpha value is -1.76. The van der Waals surface area contributed by atoms with Gasteiger partial charge in [-0.15, -0.1) is 0 Å². The first kappa shape index (κ1) is 15.1. The molecule has 1 aromatic carbocycles. The van der Waals surface area contributed by atoms with Crippen LogP contribution in [-0.4, -0.2) is 53.3 Å². The second-order valence-electron chi connectivity index (χ2n) is 5.55. The fraction of sp³-hybridized carbons (Fsp3) is 0.375. The number of hydrogen-bond donors (Lipinski definition) is 1. The Labute approximate surface area is 134 Å². The quantitative estimate of drug-likeness (QED) is 0.938. The lowest BCUT2D eigenvalue weighted by Gasteiger charge is -2.37. The minimum Gasteiger partial charge on any atom is -0.322 e. The van der Waals surface area contributed by atoms with Crippen molar-refractivity contribution in [2.24, 2.45) is 0 Å². The summed E-state index contributed by atoms with van der Waals surface area (Å²) in [5, 5.41) is 4.83. The van der Waals surface area contributed by atoms with Gasteiger partial charge in [0.2, 0.25) is 5.91 Å². The Morgan fingerprint density at radius 2 is 1.95 bits per heavy atom. The van der Waals surface area contributed by atoms with E-state index in [0.717, 1.165) is 37.4 Å². The van der Waals surface area contributed by atoms with Crippen LogP contribution in [0.1, 0.15) is 11.6 Å². The first-order chi connectivity index (χ1) is 10.7. The highest BCUT2D eigenvalue weighted by Gasteiger charge is 2.29. The van der Waals surface area contributed by atoms with Crippen molar-refractivity contribution in [1.29, 1.82) is 0 Å². The summed E-state index contributed by atoms with van der Waals surface area (Å²) in [6, 6.07) is 9.74. The van der Waals surface area contributed by atoms with Crippen molar-refractivity contribution in [2.75, 3.05) is 38.5 Å². The van der Waals surface area contributed by atoms with Gasteiger partial charge in [0.25, 0.3) is 0 Å². The lowest BCUT2D eigenvalue weighted by molar-refractivity contribution is -0.122. The highest BCUT2D eigenvalue weighted by atomic mass is 32.1. The molecule has 2 aromatic rings. The number of nitrogens with one attached hydrogen (secondary N) is 1. The van der Waals surface area contributed by atoms with Gasteiger partial charge >= 0.3 is 0 Å². The zero-order valence-corrected chi connectivity index (χ0v) is 13.4. The molecule has 6 heteroatoms. The van der Waals surface area contributed by atoms with Crippen molar-refractivity contribution >= 4 is 23.1 Å². The number of carbonyl (C=O) groups excluding carboxylic acids is 1. The van der Waals surface area contributed by atoms with E-state index in [1.54, 1.807) is 6.20 Å². The minimum atomic E-state index is -0.255. The standard InChI is InChI=1S/C16H20N4OS/c1-19-7-9-20(10-8-19)15(13-5-3-2-4-6-13)16(21)18-14-11-17-22-12-14/h2-6,11-12,15H,7-10H2,1H3,(H,18,21). The molecule has 0 aliphatic carbocycles. The van der Waals surface area contributed by atoms with Gasteiger partial charge in [0.05, 0.1) is 11.9 Å². The Morgan fingerprint density at radius 3 is 2.59 bits per heavy atom. The van der Waals surface area contributed by atoms with Gasteiger partial charge < -0.3 is 10.2 Å². The van der Waals surface area contributed by atoms with Crippen LogP contribution in [0.5, 0.6) is 0 Å². The molecule has 1 aliphatic heterocycles. The normalized spacial score (nSPS) is 18.0. The number of carbonyl (C=O) groups is 1. The zero-order chi connectivity index (χ0) is 15.4. The molecule has 3 rings (SSSR count). The molecular weight excluding hydrogens is 296 g/mol. The molecule has 116 valence electrons. The van der Waals surface area contributed by atoms with E-state index in [-0.39, 0.29) is 11.9 Å². The summed E-state index contributed by atoms with van der Waals surface area (Å²) in [5.41, 5.74) is 1.80. The maximum absolute atomic E-state index is 12.8. The SMILES string of the molecule is CN1CCN(C(C(=O)Nc2cnsc2)c2ccccc2)CC1. The first-order valence-electron chi connectivity index (χ1n) is 7.42. The number of aromatic nitrogens is 1. The van der Waals surface area contributed by atoms with E-state index >= 15 is 0 Å². The summed E-state index contributed by atoms with van der Waals surface area (Å²) in [4.78, 5) is 17.3. The van der Waals surface area contributed by atoms with Crippen LogP contribution in [-0.2, 0) is 4.79 Å². The largest absolute Gasteiger partial charge is 0.322 e. The maximum atomic E-state index is 12.8. The highest BCUT2D eigenvalue weighted by Crippen LogP contribution is 2.24. The smallest absolute Gasteiger partial charge is 0.246 e. The van der Waals surface area contributed by atoms with Gasteiger partial charge in [-0.05, 0) is 24.1 Å². The average molecular weight is 316 g/mol. The topological polar surface area (TPSA) is 48.5 Å². The molecule has 1 fully saturated rings. The van der Waals surface area contributed by atoms with Crippen LogP contribution in [0.3, 0.4) is 0 Å². The fourth-order valence-corrected chi connectivity index (χ4v) is 3.19. The molecule has 0 bridgehead atoms. The molecule has 2 heterocycles. The van der Waals surface area contributed by atoms with Crippen LogP contribution in [0.2, 0.25) is 0 Å². The molecule has 1 N–H and O–H groups in total. The lowest BCUT2D eigenvalue weighted by atomic mass is 10.0. The van der Waals surface area contributed by atoms with Crippen molar-refractivity contribution in [3.63, 3.8) is 0 Å². The van der Waals surface area contributed by atoms with Crippen LogP contribution in [0.4, 0.5) is 5.69 Å². The summed E-state index contributed by atoms with van der Waals surface area (Å²) in [7, 11) is 2.12. The van der Waals surface area contributed by atoms with Crippen LogP contribution in [0.15, 0.2) is 41.9 Å². The van der Waals surface area contributed by atoms with E-state index in [1.165, 1.54) is 11.5 Å². The molecule has 1 saturated heterocycles. The molecular formula is C16H20N4OS. The molecule has 1 aliphatic rings. The van der Waals surface area contributed by atoms with Gasteiger partial charge in [-0.2, -0.15) is 4.37 Å². The molecule has 1 aromatic heterocycles. The fourth-order valence-electron chi connectivity index (χ4n) is 2.72. The van der Waals surface area contributed by atoms with Crippen molar-refractivity contribution in [3.05, 3.63) is 47.5 Å². The van der Waals surface area contributed by atoms with Crippen LogP contribution >= 0.6 is 11.5 Å². The average Bonchev–Trinajstić information content (AvgIpc) is 3.03. The second-order valence-corrected chi connectivity index (χ2v) is 6.21. The second kappa shape index (κ2) is 7.00. The first-order valence-corrected chi connectivity index (χ1v) is 8.25. The van der Waals surface area contributed by atoms with Crippen LogP contribution < -0.4 is 5.32 Å². The van der Waals surface area contributed by atoms with Gasteiger partial charge in [-0.3, -0.25) is 9.69 Å². The van der Waals surface area contributed by atoms with Gasteiger partial charge in [0.15, 0.2) is 0 Å². The van der Waals surface area contributed by atoms with Crippen molar-refractivity contribution in [3.8, 4) is 0 Å². The molecule has 0 radical (unpaired) electrons. The number of nitrogens with zero attached hydrogens (tertiary/aromatic N) is 3. The molecule has 22 heavy (non-hydrogen) atoms. The van der Waals surface area contributed by atoms with Crippen LogP contribution in [0, 0.1) is 0 Å². The Kier molecular flexibility index (Phi) is 4.82. The maximum Gasteiger partial charge on any atom is 0.246 e. The summed E-state index contributed by atoms with van der Waals surface area (Å²) in [5.74, 6) is 0.0101. The van der Waals surface area contributed by atoms with Crippen molar-refractivity contribution in [2.45, 2.75) is 6.04 Å². The van der Waals surface area contributed by atoms with Gasteiger partial charge in [0.1, 0.15) is 6.04 Å². The number of amides is 1. The zero-order valence-electron chi connectivity index (χ0n) is 12.6. The van der Waals surface area contributed by atoms with E-state index in [2.05, 4.69) is 26.5 Å². The third-order valence-corrected chi connectivity index (χ3v) is 4.55. The number of hydrogen-bond acceptors (Lipinski definition) is 5. The number of likely N-dealkylation sites (N-methyl/N-ethyl adjacent to an activating group) is 1. The Bertz CT molecular complexity index is 594. The summed E-state index contributed by atoms with van der Waals surface area (Å²) >= 11 is 1.34. The Morgan fingerprint density at radius 1 is 1.23 bits per heavy atom. The predicted molar refractivity (Wildman–Crippen MR) is 89.0 cm³/mol. The van der Waals surface area contributed by atoms with Crippen molar-refractivity contribution < 1.29 is 4.79 Å². The highest BCUT2D eigenvalue weighted by molar-refractivity contribution is 7.04. The molecule has 1 unspecified atom stereocenters. The molecule has 1 amide bonds. The van der Waals surface area contributed by atoms with E-state index in [9.17, 15) is 4.79 Å². The predicted octanol–water partition coefficient (Wildman–Crippen LogP) is 2.07. The van der Waals surface area contributed by atoms with E-state index in [0.29, 0.717) is 0 Å². The summed E-state index contributed by atoms with van der Waals surface area (Å²) in [6.45, 7) is 3.75. The summed E-state index contributed by atoms with van der Waals surface area (Å²) < 4.78 is 4.04. The monoisotopic (exact) mass is 316 g/mol. The van der Waals surface area contributed by atoms with Crippen molar-refractivity contribution in [1.82, 2.24) is 14.2 Å². The minimum absolute atomic E-state index is 0.0101. The van der Waals surface area contributed by atoms with E-state index in [4.69, 9.17) is 0 Å². The van der Waals surface area contributed by atoms with Gasteiger partial charge in [0, 0.05) is 31.6 Å². The molecule has 5 nitrogen and oxygen atoms in total. The summed E-state index contributed by atoms with van der Waals surface area (Å²) in [6.07, 6.45) is 1.69. The third kappa shape index (κ3) is 3.52. The van der Waals surface area contributed by atoms with Gasteiger partial charge in [-0.25, -0.2) is 0 Å². The number of anilines is 1. The Balaban J connectivity index is 1.81. The molecule has 0 spiro atoms. The number of rotatable bonds is 4. The number of piperazine rings is 1.